The molecule has 1 aliphatic carbocycles. The van der Waals surface area contributed by atoms with E-state index in [0.717, 1.165) is 32.2 Å². The Bertz CT molecular complexity index is 3050. The maximum atomic E-state index is 14.7. The van der Waals surface area contributed by atoms with Gasteiger partial charge < -0.3 is 42.2 Å². The molecule has 11 rings (SSSR count). The Balaban J connectivity index is 0.887. The van der Waals surface area contributed by atoms with Crippen molar-refractivity contribution < 1.29 is 42.2 Å². The number of rotatable bonds is 16. The Morgan fingerprint density at radius 2 is 1.25 bits per heavy atom. The van der Waals surface area contributed by atoms with Gasteiger partial charge in [-0.05, 0) is 122 Å². The Labute approximate surface area is 431 Å². The van der Waals surface area contributed by atoms with Gasteiger partial charge in [-0.25, -0.2) is 9.97 Å². The fraction of sp³-hybridized carbons (Fsp3) is 0.352. The van der Waals surface area contributed by atoms with E-state index in [9.17, 15) is 9.97 Å². The van der Waals surface area contributed by atoms with Gasteiger partial charge in [0, 0.05) is 15.7 Å². The summed E-state index contributed by atoms with van der Waals surface area (Å²) in [5.74, 6) is -4.77. The lowest BCUT2D eigenvalue weighted by Crippen LogP contribution is -2.37. The number of ether oxygens (including phenoxy) is 7. The van der Waals surface area contributed by atoms with Crippen LogP contribution in [0.5, 0.6) is 5.75 Å². The summed E-state index contributed by atoms with van der Waals surface area (Å²) in [5.41, 5.74) is 2.59. The van der Waals surface area contributed by atoms with Crippen LogP contribution in [0.25, 0.3) is 11.2 Å². The van der Waals surface area contributed by atoms with E-state index in [1.807, 2.05) is 141 Å². The largest absolute Gasteiger partial charge is 0.497 e. The molecule has 8 atom stereocenters. The summed E-state index contributed by atoms with van der Waals surface area (Å²) in [5, 5.41) is 9.80. The van der Waals surface area contributed by atoms with Gasteiger partial charge >= 0.3 is 5.77 Å². The fourth-order valence-corrected chi connectivity index (χ4v) is 17.3. The quantitative estimate of drug-likeness (QED) is 0.0556. The van der Waals surface area contributed by atoms with Gasteiger partial charge in [0.15, 0.2) is 34.5 Å². The van der Waals surface area contributed by atoms with Crippen LogP contribution in [-0.2, 0) is 43.1 Å². The monoisotopic (exact) mass is 1050 g/mol. The number of aromatic nitrogens is 4. The number of benzene rings is 5. The van der Waals surface area contributed by atoms with Crippen LogP contribution in [0.2, 0.25) is 5.28 Å². The van der Waals surface area contributed by atoms with E-state index in [1.165, 1.54) is 22.8 Å². The van der Waals surface area contributed by atoms with Crippen molar-refractivity contribution in [3.05, 3.63) is 179 Å². The lowest BCUT2D eigenvalue weighted by molar-refractivity contribution is -0.198. The van der Waals surface area contributed by atoms with Crippen molar-refractivity contribution >= 4 is 51.3 Å². The second-order valence-electron chi connectivity index (χ2n) is 19.2. The first-order valence-corrected chi connectivity index (χ1v) is 28.8. The highest BCUT2D eigenvalue weighted by Crippen LogP contribution is 2.74. The molecule has 7 aromatic rings. The first-order valence-electron chi connectivity index (χ1n) is 23.9. The molecule has 3 saturated heterocycles. The molecule has 5 heterocycles. The van der Waals surface area contributed by atoms with Crippen molar-refractivity contribution in [1.29, 1.82) is 5.41 Å². The lowest BCUT2D eigenvalue weighted by atomic mass is 9.80. The third-order valence-electron chi connectivity index (χ3n) is 13.6. The van der Waals surface area contributed by atoms with Crippen molar-refractivity contribution in [2.24, 2.45) is 5.92 Å². The molecule has 18 heteroatoms. The van der Waals surface area contributed by atoms with Crippen LogP contribution in [0.15, 0.2) is 162 Å². The highest BCUT2D eigenvalue weighted by Gasteiger charge is 2.58. The maximum absolute atomic E-state index is 14.7. The summed E-state index contributed by atoms with van der Waals surface area (Å²) in [6, 6.07) is 47.2. The molecule has 374 valence electrons. The zero-order valence-electron chi connectivity index (χ0n) is 40.3. The van der Waals surface area contributed by atoms with Gasteiger partial charge in [-0.2, -0.15) is 0 Å². The maximum Gasteiger partial charge on any atom is 0.322 e. The number of hydrogen-bond acceptors (Lipinski definition) is 14. The van der Waals surface area contributed by atoms with Crippen LogP contribution >= 0.6 is 40.1 Å². The van der Waals surface area contributed by atoms with Crippen molar-refractivity contribution in [1.82, 2.24) is 19.1 Å². The number of hydrogen-bond donors (Lipinski definition) is 1. The Morgan fingerprint density at radius 1 is 0.722 bits per heavy atom. The van der Waals surface area contributed by atoms with E-state index >= 15 is 0 Å². The summed E-state index contributed by atoms with van der Waals surface area (Å²) in [6.07, 6.45) is -1.49. The minimum Gasteiger partial charge on any atom is -0.497 e. The van der Waals surface area contributed by atoms with Gasteiger partial charge in [0.05, 0.1) is 38.8 Å². The van der Waals surface area contributed by atoms with E-state index in [2.05, 4.69) is 36.4 Å². The lowest BCUT2D eigenvalue weighted by Gasteiger charge is -2.37. The van der Waals surface area contributed by atoms with Crippen molar-refractivity contribution in [3.63, 3.8) is 0 Å². The van der Waals surface area contributed by atoms with E-state index in [-0.39, 0.29) is 41.0 Å². The topological polar surface area (TPSA) is 150 Å². The van der Waals surface area contributed by atoms with E-state index in [0.29, 0.717) is 18.7 Å². The molecule has 1 N–H and O–H groups in total. The SMILES string of the molecule is COc1ccc(C(OC[C@H]2C[C@@H](n3cnc4c(nc(Cl)n4[C@@H]4O[C@H](COP(=O)(Sc5ccccc5)Sc5ccccc5)[C@H]5OC(C)(C)O[C@H]54)c3=N)[C@@H]3OC(C)(C)O[C@H]23)(c2ccccc2)c2ccccc2)cc1. The zero-order chi connectivity index (χ0) is 49.8. The molecule has 0 amide bonds. The molecule has 5 aromatic carbocycles. The number of halogens is 1. The molecule has 72 heavy (non-hydrogen) atoms. The van der Waals surface area contributed by atoms with Crippen molar-refractivity contribution in [2.75, 3.05) is 20.3 Å². The van der Waals surface area contributed by atoms with E-state index in [4.69, 9.17) is 59.3 Å². The van der Waals surface area contributed by atoms with Crippen LogP contribution in [0.3, 0.4) is 0 Å². The Morgan fingerprint density at radius 3 is 1.83 bits per heavy atom. The van der Waals surface area contributed by atoms with Crippen LogP contribution in [0.4, 0.5) is 0 Å². The summed E-state index contributed by atoms with van der Waals surface area (Å²) in [4.78, 5) is 11.3. The average molecular weight is 1050 g/mol. The third-order valence-corrected chi connectivity index (χ3v) is 20.3. The van der Waals surface area contributed by atoms with Gasteiger partial charge in [-0.3, -0.25) is 14.5 Å². The number of imidazole rings is 1. The molecule has 4 aliphatic rings. The molecule has 0 bridgehead atoms. The molecule has 2 aromatic heterocycles. The molecular formula is C54H55ClN5O9PS2. The molecule has 14 nitrogen and oxygen atoms in total. The van der Waals surface area contributed by atoms with Crippen LogP contribution in [0.1, 0.15) is 63.1 Å². The summed E-state index contributed by atoms with van der Waals surface area (Å²) >= 11 is 9.44. The van der Waals surface area contributed by atoms with Crippen LogP contribution in [-0.4, -0.2) is 81.5 Å². The van der Waals surface area contributed by atoms with Gasteiger partial charge in [0.25, 0.3) is 0 Å². The molecule has 0 unspecified atom stereocenters. The standard InChI is InChI=1S/C54H55ClN5O9PS2/c1-52(2)66-44-34(31-63-54(35-18-10-6-11-19-35,36-20-12-7-13-21-36)37-26-28-38(62-5)29-27-37)30-41(45(44)67-52)59-33-57-49-43(48(59)56)58-51(55)60(49)50-47-46(68-53(3,4)69-47)42(65-50)32-64-70(61,71-39-22-14-8-15-23-39)72-40-24-16-9-17-25-40/h6-29,33-34,41-42,44-47,50,56H,30-32H2,1-5H3/t34-,41-,42-,44-,45+,46-,47-,50-/m1/s1. The van der Waals surface area contributed by atoms with Crippen molar-refractivity contribution in [2.45, 2.75) is 104 Å². The minimum atomic E-state index is -3.47. The number of methoxy groups -OCH3 is 1. The molecule has 1 saturated carbocycles. The van der Waals surface area contributed by atoms with Crippen LogP contribution < -0.4 is 10.2 Å². The van der Waals surface area contributed by atoms with Gasteiger partial charge in [-0.1, -0.05) is 109 Å². The highest BCUT2D eigenvalue weighted by atomic mass is 35.5. The van der Waals surface area contributed by atoms with Gasteiger partial charge in [-0.15, -0.1) is 0 Å². The normalized spacial score (nSPS) is 25.4. The third kappa shape index (κ3) is 9.50. The Kier molecular flexibility index (Phi) is 13.6. The number of nitrogens with zero attached hydrogens (tertiary/aromatic N) is 4. The zero-order valence-corrected chi connectivity index (χ0v) is 43.6. The highest BCUT2D eigenvalue weighted by molar-refractivity contribution is 8.89. The average Bonchev–Trinajstić information content (AvgIpc) is 4.16. The first-order chi connectivity index (χ1) is 34.7. The molecule has 4 fully saturated rings. The van der Waals surface area contributed by atoms with E-state index in [1.54, 1.807) is 18.0 Å². The second kappa shape index (κ2) is 19.8. The molecule has 0 radical (unpaired) electrons. The minimum absolute atomic E-state index is 0.0566. The first kappa shape index (κ1) is 49.4. The molecule has 3 aliphatic heterocycles. The van der Waals surface area contributed by atoms with Gasteiger partial charge in [0.1, 0.15) is 35.8 Å². The second-order valence-corrected chi connectivity index (χ2v) is 26.7. The van der Waals surface area contributed by atoms with E-state index < -0.39 is 53.6 Å². The van der Waals surface area contributed by atoms with Crippen LogP contribution in [0, 0.1) is 11.3 Å². The number of nitrogens with one attached hydrogen (secondary N) is 1. The number of fused-ring (bicyclic) bond motifs is 3. The smallest absolute Gasteiger partial charge is 0.322 e. The summed E-state index contributed by atoms with van der Waals surface area (Å²) < 4.78 is 70.7. The predicted molar refractivity (Wildman–Crippen MR) is 275 cm³/mol. The molecule has 0 spiro atoms. The summed E-state index contributed by atoms with van der Waals surface area (Å²) in [6.45, 7) is 7.73. The fourth-order valence-electron chi connectivity index (χ4n) is 10.6. The van der Waals surface area contributed by atoms with Gasteiger partial charge in [0.2, 0.25) is 5.28 Å². The van der Waals surface area contributed by atoms with Crippen molar-refractivity contribution in [3.8, 4) is 5.75 Å². The summed E-state index contributed by atoms with van der Waals surface area (Å²) in [7, 11) is 1.66. The predicted octanol–water partition coefficient (Wildman–Crippen LogP) is 11.6. The Hall–Kier alpha value is -4.81. The molecular weight excluding hydrogens is 993 g/mol.